The van der Waals surface area contributed by atoms with E-state index in [0.717, 1.165) is 15.6 Å². The highest BCUT2D eigenvalue weighted by atomic mass is 15.4. The number of quaternary nitrogens is 1. The SMILES string of the molecule is C=C(/C=C\NC)c1ccc(-c2c3ccccc3c(-c3ccc([N+]4(C)C=C4)cc3)c3ccccc23)cc1. The molecule has 0 fully saturated rings. The van der Waals surface area contributed by atoms with Crippen molar-refractivity contribution >= 4 is 32.8 Å². The summed E-state index contributed by atoms with van der Waals surface area (Å²) in [6, 6.07) is 35.4. The molecule has 6 rings (SSSR count). The summed E-state index contributed by atoms with van der Waals surface area (Å²) in [7, 11) is 4.09. The van der Waals surface area contributed by atoms with Gasteiger partial charge in [0.15, 0.2) is 12.4 Å². The highest BCUT2D eigenvalue weighted by Gasteiger charge is 2.31. The lowest BCUT2D eigenvalue weighted by atomic mass is 9.85. The first kappa shape index (κ1) is 22.1. The van der Waals surface area contributed by atoms with E-state index in [1.54, 1.807) is 0 Å². The fourth-order valence-electron chi connectivity index (χ4n) is 5.10. The molecule has 1 aliphatic heterocycles. The van der Waals surface area contributed by atoms with E-state index >= 15 is 0 Å². The zero-order chi connectivity index (χ0) is 24.7. The molecule has 2 nitrogen and oxygen atoms in total. The lowest BCUT2D eigenvalue weighted by molar-refractivity contribution is 0.715. The average Bonchev–Trinajstić information content (AvgIpc) is 3.69. The van der Waals surface area contributed by atoms with Crippen molar-refractivity contribution in [3.05, 3.63) is 134 Å². The molecule has 0 unspecified atom stereocenters. The summed E-state index contributed by atoms with van der Waals surface area (Å²) in [5.74, 6) is 0. The summed E-state index contributed by atoms with van der Waals surface area (Å²) in [6.45, 7) is 4.20. The number of rotatable bonds is 6. The van der Waals surface area contributed by atoms with Gasteiger partial charge in [0.1, 0.15) is 5.69 Å². The molecule has 0 spiro atoms. The number of hydrogen-bond acceptors (Lipinski definition) is 1. The Morgan fingerprint density at radius 2 is 1.11 bits per heavy atom. The fourth-order valence-corrected chi connectivity index (χ4v) is 5.10. The van der Waals surface area contributed by atoms with E-state index in [1.807, 2.05) is 19.3 Å². The van der Waals surface area contributed by atoms with Crippen molar-refractivity contribution in [3.8, 4) is 22.3 Å². The van der Waals surface area contributed by atoms with Crippen molar-refractivity contribution in [3.63, 3.8) is 0 Å². The van der Waals surface area contributed by atoms with Crippen LogP contribution in [0.15, 0.2) is 128 Å². The third-order valence-electron chi connectivity index (χ3n) is 7.24. The van der Waals surface area contributed by atoms with Gasteiger partial charge in [0.25, 0.3) is 0 Å². The molecule has 36 heavy (non-hydrogen) atoms. The molecule has 174 valence electrons. The Balaban J connectivity index is 1.55. The minimum Gasteiger partial charge on any atom is -0.394 e. The van der Waals surface area contributed by atoms with E-state index < -0.39 is 0 Å². The van der Waals surface area contributed by atoms with E-state index in [2.05, 4.69) is 128 Å². The first-order valence-electron chi connectivity index (χ1n) is 12.3. The van der Waals surface area contributed by atoms with E-state index in [4.69, 9.17) is 0 Å². The van der Waals surface area contributed by atoms with Gasteiger partial charge in [0.2, 0.25) is 0 Å². The number of nitrogens with zero attached hydrogens (tertiary/aromatic N) is 1. The van der Waals surface area contributed by atoms with Gasteiger partial charge in [0, 0.05) is 19.2 Å². The zero-order valence-corrected chi connectivity index (χ0v) is 20.7. The monoisotopic (exact) mass is 465 g/mol. The summed E-state index contributed by atoms with van der Waals surface area (Å²) in [5.41, 5.74) is 8.41. The predicted octanol–water partition coefficient (Wildman–Crippen LogP) is 8.50. The summed E-state index contributed by atoms with van der Waals surface area (Å²) in [4.78, 5) is 0. The molecule has 2 heteroatoms. The van der Waals surface area contributed by atoms with E-state index in [0.29, 0.717) is 0 Å². The molecule has 0 saturated carbocycles. The minimum absolute atomic E-state index is 0.799. The van der Waals surface area contributed by atoms with Crippen LogP contribution in [0.4, 0.5) is 5.69 Å². The third-order valence-corrected chi connectivity index (χ3v) is 7.24. The maximum atomic E-state index is 4.20. The van der Waals surface area contributed by atoms with Gasteiger partial charge in [-0.15, -0.1) is 0 Å². The topological polar surface area (TPSA) is 12.0 Å². The Morgan fingerprint density at radius 3 is 1.53 bits per heavy atom. The maximum absolute atomic E-state index is 4.20. The molecular weight excluding hydrogens is 436 g/mol. The second kappa shape index (κ2) is 8.67. The van der Waals surface area contributed by atoms with Gasteiger partial charge in [-0.25, -0.2) is 4.48 Å². The molecule has 0 atom stereocenters. The maximum Gasteiger partial charge on any atom is 0.160 e. The molecule has 0 amide bonds. The van der Waals surface area contributed by atoms with Gasteiger partial charge in [-0.3, -0.25) is 0 Å². The van der Waals surface area contributed by atoms with Gasteiger partial charge in [-0.2, -0.15) is 0 Å². The quantitative estimate of drug-likeness (QED) is 0.151. The van der Waals surface area contributed by atoms with Crippen LogP contribution in [0.3, 0.4) is 0 Å². The summed E-state index contributed by atoms with van der Waals surface area (Å²) < 4.78 is 0.799. The van der Waals surface area contributed by atoms with Crippen LogP contribution in [0.1, 0.15) is 5.56 Å². The lowest BCUT2D eigenvalue weighted by Crippen LogP contribution is -2.17. The van der Waals surface area contributed by atoms with E-state index in [1.165, 1.54) is 49.5 Å². The normalized spacial score (nSPS) is 13.9. The van der Waals surface area contributed by atoms with Crippen LogP contribution in [0.5, 0.6) is 0 Å². The summed E-state index contributed by atoms with van der Waals surface area (Å²) in [6.07, 6.45) is 8.31. The first-order valence-corrected chi connectivity index (χ1v) is 12.3. The smallest absolute Gasteiger partial charge is 0.160 e. The number of allylic oxidation sites excluding steroid dienone is 2. The molecular formula is C34H29N2+. The summed E-state index contributed by atoms with van der Waals surface area (Å²) >= 11 is 0. The van der Waals surface area contributed by atoms with Gasteiger partial charge in [0.05, 0.1) is 7.05 Å². The van der Waals surface area contributed by atoms with Gasteiger partial charge in [-0.05, 0) is 79.3 Å². The first-order chi connectivity index (χ1) is 17.6. The van der Waals surface area contributed by atoms with Crippen molar-refractivity contribution in [1.29, 1.82) is 0 Å². The molecule has 5 aromatic rings. The van der Waals surface area contributed by atoms with Crippen LogP contribution in [0.25, 0.3) is 49.4 Å². The average molecular weight is 466 g/mol. The molecule has 0 saturated heterocycles. The second-order valence-electron chi connectivity index (χ2n) is 9.56. The molecule has 5 aromatic carbocycles. The molecule has 1 heterocycles. The number of benzene rings is 5. The Morgan fingerprint density at radius 1 is 0.667 bits per heavy atom. The van der Waals surface area contributed by atoms with Crippen molar-refractivity contribution in [2.75, 3.05) is 14.1 Å². The Labute approximate surface area is 212 Å². The molecule has 0 aromatic heterocycles. The summed E-state index contributed by atoms with van der Waals surface area (Å²) in [5, 5.41) is 8.11. The van der Waals surface area contributed by atoms with Gasteiger partial charge < -0.3 is 5.32 Å². The van der Waals surface area contributed by atoms with Crippen LogP contribution < -0.4 is 9.80 Å². The van der Waals surface area contributed by atoms with Gasteiger partial charge >= 0.3 is 0 Å². The molecule has 1 aliphatic rings. The highest BCUT2D eigenvalue weighted by molar-refractivity contribution is 6.21. The van der Waals surface area contributed by atoms with Crippen LogP contribution >= 0.6 is 0 Å². The number of nitrogens with one attached hydrogen (secondary N) is 1. The minimum atomic E-state index is 0.799. The molecule has 0 bridgehead atoms. The molecule has 0 radical (unpaired) electrons. The number of fused-ring (bicyclic) bond motifs is 2. The van der Waals surface area contributed by atoms with Crippen LogP contribution in [0.2, 0.25) is 0 Å². The van der Waals surface area contributed by atoms with Crippen molar-refractivity contribution in [2.45, 2.75) is 0 Å². The van der Waals surface area contributed by atoms with Crippen LogP contribution in [0, 0.1) is 0 Å². The van der Waals surface area contributed by atoms with Crippen molar-refractivity contribution in [1.82, 2.24) is 9.80 Å². The van der Waals surface area contributed by atoms with E-state index in [-0.39, 0.29) is 0 Å². The molecule has 0 aliphatic carbocycles. The number of hydrogen-bond donors (Lipinski definition) is 1. The zero-order valence-electron chi connectivity index (χ0n) is 20.7. The largest absolute Gasteiger partial charge is 0.394 e. The lowest BCUT2D eigenvalue weighted by Gasteiger charge is -2.18. The van der Waals surface area contributed by atoms with Crippen LogP contribution in [-0.2, 0) is 0 Å². The Bertz CT molecular complexity index is 1610. The van der Waals surface area contributed by atoms with Gasteiger partial charge in [-0.1, -0.05) is 79.4 Å². The predicted molar refractivity (Wildman–Crippen MR) is 156 cm³/mol. The highest BCUT2D eigenvalue weighted by Crippen LogP contribution is 2.44. The fraction of sp³-hybridized carbons (Fsp3) is 0.0588. The van der Waals surface area contributed by atoms with Crippen molar-refractivity contribution in [2.24, 2.45) is 0 Å². The standard InChI is InChI=1S/C34H29N2/c1-24(20-21-35-2)25-12-14-26(15-13-25)33-29-8-4-6-10-31(29)34(32-11-7-5-9-30(32)33)27-16-18-28(19-17-27)36(3)22-23-36/h4-23,35H,1H2,2-3H3/q+1/b21-20-. The Hall–Kier alpha value is -4.40. The Kier molecular flexibility index (Phi) is 5.32. The van der Waals surface area contributed by atoms with Crippen molar-refractivity contribution < 1.29 is 0 Å². The van der Waals surface area contributed by atoms with E-state index in [9.17, 15) is 0 Å². The molecule has 1 N–H and O–H groups in total. The third kappa shape index (κ3) is 3.73. The van der Waals surface area contributed by atoms with Crippen LogP contribution in [-0.4, -0.2) is 14.1 Å². The second-order valence-corrected chi connectivity index (χ2v) is 9.56.